The van der Waals surface area contributed by atoms with E-state index in [1.807, 2.05) is 13.0 Å². The number of allylic oxidation sites excluding steroid dienone is 1. The Morgan fingerprint density at radius 1 is 1.56 bits per heavy atom. The van der Waals surface area contributed by atoms with E-state index in [4.69, 9.17) is 5.73 Å². The summed E-state index contributed by atoms with van der Waals surface area (Å²) in [4.78, 5) is 0. The Morgan fingerprint density at radius 2 is 2.25 bits per heavy atom. The van der Waals surface area contributed by atoms with Crippen molar-refractivity contribution in [1.82, 2.24) is 0 Å². The molecule has 1 nitrogen and oxygen atoms in total. The van der Waals surface area contributed by atoms with E-state index in [1.165, 1.54) is 16.7 Å². The lowest BCUT2D eigenvalue weighted by Gasteiger charge is -2.14. The normalized spacial score (nSPS) is 11.9. The Balaban J connectivity index is 3.13. The van der Waals surface area contributed by atoms with Crippen molar-refractivity contribution in [2.45, 2.75) is 26.1 Å². The van der Waals surface area contributed by atoms with E-state index >= 15 is 0 Å². The van der Waals surface area contributed by atoms with Gasteiger partial charge in [-0.15, -0.1) is 0 Å². The van der Waals surface area contributed by atoms with E-state index in [0.29, 0.717) is 0 Å². The van der Waals surface area contributed by atoms with Crippen LogP contribution in [0.1, 0.15) is 23.6 Å². The summed E-state index contributed by atoms with van der Waals surface area (Å²) in [6, 6.07) is 6.27. The van der Waals surface area contributed by atoms with Crippen molar-refractivity contribution >= 4 is 18.9 Å². The third-order valence-electron chi connectivity index (χ3n) is 2.87. The predicted molar refractivity (Wildman–Crippen MR) is 75.9 cm³/mol. The molecule has 0 saturated carbocycles. The van der Waals surface area contributed by atoms with Crippen molar-refractivity contribution in [1.29, 1.82) is 0 Å². The summed E-state index contributed by atoms with van der Waals surface area (Å²) < 4.78 is 0. The van der Waals surface area contributed by atoms with Crippen LogP contribution in [0.3, 0.4) is 0 Å². The zero-order valence-electron chi connectivity index (χ0n) is 10.3. The topological polar surface area (TPSA) is 26.0 Å². The number of rotatable bonds is 5. The van der Waals surface area contributed by atoms with Crippen LogP contribution in [0.4, 0.5) is 0 Å². The smallest absolute Gasteiger partial charge is 0.138 e. The summed E-state index contributed by atoms with van der Waals surface area (Å²) in [7, 11) is 0.994. The Hall–Kier alpha value is -1.28. The summed E-state index contributed by atoms with van der Waals surface area (Å²) in [5.74, 6) is 0.221. The molecule has 2 N–H and O–H groups in total. The van der Waals surface area contributed by atoms with Crippen LogP contribution in [0.25, 0.3) is 11.6 Å². The minimum atomic E-state index is 0.221. The van der Waals surface area contributed by atoms with E-state index in [-0.39, 0.29) is 5.94 Å². The minimum Gasteiger partial charge on any atom is -0.335 e. The van der Waals surface area contributed by atoms with Crippen molar-refractivity contribution < 1.29 is 0 Å². The van der Waals surface area contributed by atoms with Gasteiger partial charge in [0.2, 0.25) is 0 Å². The minimum absolute atomic E-state index is 0.221. The lowest BCUT2D eigenvalue weighted by atomic mass is 9.70. The molecule has 0 spiro atoms. The Kier molecular flexibility index (Phi) is 4.57. The Labute approximate surface area is 99.3 Å². The molecule has 1 unspecified atom stereocenters. The summed E-state index contributed by atoms with van der Waals surface area (Å²) in [5.41, 5.74) is 10.7. The van der Waals surface area contributed by atoms with Gasteiger partial charge in [0, 0.05) is 0 Å². The van der Waals surface area contributed by atoms with E-state index in [1.54, 1.807) is 0 Å². The van der Waals surface area contributed by atoms with Gasteiger partial charge in [0.25, 0.3) is 0 Å². The zero-order valence-corrected chi connectivity index (χ0v) is 10.3. The molecule has 0 amide bonds. The second-order valence-electron chi connectivity index (χ2n) is 4.24. The fourth-order valence-corrected chi connectivity index (χ4v) is 1.83. The predicted octanol–water partition coefficient (Wildman–Crippen LogP) is 2.67. The van der Waals surface area contributed by atoms with E-state index in [0.717, 1.165) is 19.3 Å². The molecule has 0 aromatic heterocycles. The maximum Gasteiger partial charge on any atom is 0.138 e. The van der Waals surface area contributed by atoms with Crippen molar-refractivity contribution in [2.75, 3.05) is 0 Å². The first-order valence-corrected chi connectivity index (χ1v) is 5.75. The van der Waals surface area contributed by atoms with E-state index in [2.05, 4.69) is 38.2 Å². The zero-order chi connectivity index (χ0) is 12.1. The fraction of sp³-hybridized carbons (Fsp3) is 0.286. The number of hydrogen-bond donors (Lipinski definition) is 1. The average Bonchev–Trinajstić information content (AvgIpc) is 2.28. The lowest BCUT2D eigenvalue weighted by molar-refractivity contribution is 0.876. The SMILES string of the molecule is C=Cc1c(CC(N)BC)cccc1C(=C)C. The first-order chi connectivity index (χ1) is 7.60. The molecule has 1 rings (SSSR count). The number of benzene rings is 1. The van der Waals surface area contributed by atoms with Gasteiger partial charge < -0.3 is 5.73 Å². The van der Waals surface area contributed by atoms with Gasteiger partial charge in [0.1, 0.15) is 7.28 Å². The molecule has 16 heavy (non-hydrogen) atoms. The van der Waals surface area contributed by atoms with Crippen molar-refractivity contribution in [3.05, 3.63) is 48.0 Å². The maximum atomic E-state index is 6.00. The van der Waals surface area contributed by atoms with Crippen molar-refractivity contribution in [2.24, 2.45) is 5.73 Å². The molecule has 1 aromatic rings. The summed E-state index contributed by atoms with van der Waals surface area (Å²) in [6.07, 6.45) is 2.81. The molecular formula is C14H20BN. The van der Waals surface area contributed by atoms with Gasteiger partial charge in [0.15, 0.2) is 0 Å². The van der Waals surface area contributed by atoms with Gasteiger partial charge >= 0.3 is 0 Å². The highest BCUT2D eigenvalue weighted by molar-refractivity contribution is 6.35. The van der Waals surface area contributed by atoms with Gasteiger partial charge in [-0.25, -0.2) is 0 Å². The third kappa shape index (κ3) is 2.86. The Bertz CT molecular complexity index is 396. The summed E-state index contributed by atoms with van der Waals surface area (Å²) in [6.45, 7) is 12.0. The van der Waals surface area contributed by atoms with Gasteiger partial charge in [-0.3, -0.25) is 0 Å². The molecule has 0 aliphatic heterocycles. The molecule has 2 heteroatoms. The molecule has 0 aliphatic rings. The van der Waals surface area contributed by atoms with Crippen LogP contribution in [-0.4, -0.2) is 13.2 Å². The van der Waals surface area contributed by atoms with Crippen molar-refractivity contribution in [3.63, 3.8) is 0 Å². The fourth-order valence-electron chi connectivity index (χ4n) is 1.83. The molecule has 0 aliphatic carbocycles. The lowest BCUT2D eigenvalue weighted by Crippen LogP contribution is -2.28. The van der Waals surface area contributed by atoms with Crippen LogP contribution in [0.2, 0.25) is 6.82 Å². The molecule has 0 bridgehead atoms. The largest absolute Gasteiger partial charge is 0.335 e. The number of hydrogen-bond acceptors (Lipinski definition) is 1. The molecule has 0 heterocycles. The monoisotopic (exact) mass is 213 g/mol. The number of nitrogens with two attached hydrogens (primary N) is 1. The van der Waals surface area contributed by atoms with E-state index < -0.39 is 0 Å². The first kappa shape index (κ1) is 12.8. The van der Waals surface area contributed by atoms with Crippen LogP contribution in [0, 0.1) is 0 Å². The van der Waals surface area contributed by atoms with Crippen LogP contribution >= 0.6 is 0 Å². The highest BCUT2D eigenvalue weighted by Gasteiger charge is 2.09. The van der Waals surface area contributed by atoms with Crippen LogP contribution in [-0.2, 0) is 6.42 Å². The molecular weight excluding hydrogens is 193 g/mol. The summed E-state index contributed by atoms with van der Waals surface area (Å²) in [5, 5.41) is 0. The van der Waals surface area contributed by atoms with E-state index in [9.17, 15) is 0 Å². The maximum absolute atomic E-state index is 6.00. The molecule has 0 saturated heterocycles. The summed E-state index contributed by atoms with van der Waals surface area (Å²) >= 11 is 0. The second kappa shape index (κ2) is 5.71. The second-order valence-corrected chi connectivity index (χ2v) is 4.24. The molecule has 1 aromatic carbocycles. The van der Waals surface area contributed by atoms with Crippen LogP contribution in [0.5, 0.6) is 0 Å². The standard InChI is InChI=1S/C14H20BN/c1-5-12-11(9-14(16)15-4)7-6-8-13(12)10(2)3/h5-8,14-15H,1-2,9,16H2,3-4H3. The van der Waals surface area contributed by atoms with Crippen LogP contribution in [0.15, 0.2) is 31.4 Å². The van der Waals surface area contributed by atoms with Gasteiger partial charge in [-0.2, -0.15) is 0 Å². The molecule has 0 fully saturated rings. The quantitative estimate of drug-likeness (QED) is 0.747. The highest BCUT2D eigenvalue weighted by atomic mass is 14.6. The third-order valence-corrected chi connectivity index (χ3v) is 2.87. The van der Waals surface area contributed by atoms with Gasteiger partial charge in [-0.1, -0.05) is 49.8 Å². The first-order valence-electron chi connectivity index (χ1n) is 5.75. The molecule has 0 radical (unpaired) electrons. The van der Waals surface area contributed by atoms with Crippen molar-refractivity contribution in [3.8, 4) is 0 Å². The molecule has 1 atom stereocenters. The average molecular weight is 213 g/mol. The highest BCUT2D eigenvalue weighted by Crippen LogP contribution is 2.23. The van der Waals surface area contributed by atoms with Gasteiger partial charge in [-0.05, 0) is 36.0 Å². The Morgan fingerprint density at radius 3 is 2.75 bits per heavy atom. The van der Waals surface area contributed by atoms with Gasteiger partial charge in [0.05, 0.1) is 0 Å². The molecule has 84 valence electrons. The van der Waals surface area contributed by atoms with Crippen LogP contribution < -0.4 is 5.73 Å².